The predicted octanol–water partition coefficient (Wildman–Crippen LogP) is 1.50. The average molecular weight is 311 g/mol. The third kappa shape index (κ3) is 4.72. The lowest BCUT2D eigenvalue weighted by molar-refractivity contribution is -0.139. The molecule has 0 bridgehead atoms. The number of aliphatic carboxylic acids is 1. The number of carbonyl (C=O) groups excluding carboxylic acids is 1. The quantitative estimate of drug-likeness (QED) is 0.895. The van der Waals surface area contributed by atoms with E-state index in [-0.39, 0.29) is 12.5 Å². The number of amides is 1. The second-order valence-electron chi connectivity index (χ2n) is 5.14. The molecule has 114 valence electrons. The maximum Gasteiger partial charge on any atom is 0.317 e. The van der Waals surface area contributed by atoms with Gasteiger partial charge in [0.2, 0.25) is 5.91 Å². The number of carboxylic acid groups (broad SMARTS) is 1. The van der Waals surface area contributed by atoms with Gasteiger partial charge < -0.3 is 10.0 Å². The number of halogens is 1. The van der Waals surface area contributed by atoms with E-state index in [0.29, 0.717) is 44.0 Å². The molecule has 1 heterocycles. The Kier molecular flexibility index (Phi) is 5.59. The summed E-state index contributed by atoms with van der Waals surface area (Å²) in [7, 11) is 0. The van der Waals surface area contributed by atoms with Gasteiger partial charge in [-0.1, -0.05) is 29.8 Å². The van der Waals surface area contributed by atoms with Crippen molar-refractivity contribution in [2.24, 2.45) is 0 Å². The van der Waals surface area contributed by atoms with Crippen LogP contribution in [0.5, 0.6) is 0 Å². The highest BCUT2D eigenvalue weighted by atomic mass is 35.5. The van der Waals surface area contributed by atoms with Gasteiger partial charge in [0.1, 0.15) is 0 Å². The van der Waals surface area contributed by atoms with Gasteiger partial charge >= 0.3 is 5.97 Å². The van der Waals surface area contributed by atoms with Crippen LogP contribution in [0.3, 0.4) is 0 Å². The van der Waals surface area contributed by atoms with E-state index >= 15 is 0 Å². The fraction of sp³-hybridized carbons (Fsp3) is 0.467. The van der Waals surface area contributed by atoms with Crippen LogP contribution in [0.25, 0.3) is 0 Å². The molecule has 5 nitrogen and oxygen atoms in total. The fourth-order valence-corrected chi connectivity index (χ4v) is 2.68. The molecule has 0 spiro atoms. The van der Waals surface area contributed by atoms with Crippen LogP contribution < -0.4 is 0 Å². The van der Waals surface area contributed by atoms with E-state index in [2.05, 4.69) is 0 Å². The number of nitrogens with zero attached hydrogens (tertiary/aromatic N) is 2. The van der Waals surface area contributed by atoms with Crippen molar-refractivity contribution in [1.29, 1.82) is 0 Å². The van der Waals surface area contributed by atoms with E-state index in [4.69, 9.17) is 16.7 Å². The standard InChI is InChI=1S/C15H19ClN2O3/c16-13-4-2-1-3-12(13)5-6-14(19)18-9-7-17(8-10-18)11-15(20)21/h1-4H,5-11H2,(H,20,21). The monoisotopic (exact) mass is 310 g/mol. The van der Waals surface area contributed by atoms with Crippen LogP contribution in [0.2, 0.25) is 5.02 Å². The van der Waals surface area contributed by atoms with E-state index in [9.17, 15) is 9.59 Å². The van der Waals surface area contributed by atoms with Crippen LogP contribution in [-0.2, 0) is 16.0 Å². The lowest BCUT2D eigenvalue weighted by atomic mass is 10.1. The first kappa shape index (κ1) is 15.8. The Labute approximate surface area is 129 Å². The summed E-state index contributed by atoms with van der Waals surface area (Å²) in [5.41, 5.74) is 0.983. The number of hydrogen-bond donors (Lipinski definition) is 1. The predicted molar refractivity (Wildman–Crippen MR) is 80.4 cm³/mol. The lowest BCUT2D eigenvalue weighted by Crippen LogP contribution is -2.49. The zero-order chi connectivity index (χ0) is 15.2. The molecule has 1 saturated heterocycles. The van der Waals surface area contributed by atoms with Crippen molar-refractivity contribution >= 4 is 23.5 Å². The van der Waals surface area contributed by atoms with Gasteiger partial charge in [-0.05, 0) is 18.1 Å². The molecule has 1 aromatic rings. The molecule has 1 aliphatic rings. The highest BCUT2D eigenvalue weighted by Crippen LogP contribution is 2.17. The molecule has 0 atom stereocenters. The second-order valence-corrected chi connectivity index (χ2v) is 5.55. The van der Waals surface area contributed by atoms with E-state index in [1.54, 1.807) is 4.90 Å². The minimum Gasteiger partial charge on any atom is -0.480 e. The van der Waals surface area contributed by atoms with Crippen molar-refractivity contribution in [3.8, 4) is 0 Å². The summed E-state index contributed by atoms with van der Waals surface area (Å²) in [6.07, 6.45) is 1.07. The second kappa shape index (κ2) is 7.43. The van der Waals surface area contributed by atoms with Crippen LogP contribution in [0.15, 0.2) is 24.3 Å². The molecular weight excluding hydrogens is 292 g/mol. The molecule has 1 fully saturated rings. The molecule has 0 aliphatic carbocycles. The third-order valence-electron chi connectivity index (χ3n) is 3.65. The Morgan fingerprint density at radius 2 is 1.81 bits per heavy atom. The fourth-order valence-electron chi connectivity index (χ4n) is 2.45. The topological polar surface area (TPSA) is 60.9 Å². The van der Waals surface area contributed by atoms with Crippen molar-refractivity contribution < 1.29 is 14.7 Å². The van der Waals surface area contributed by atoms with Gasteiger partial charge in [-0.2, -0.15) is 0 Å². The van der Waals surface area contributed by atoms with Gasteiger partial charge in [0.15, 0.2) is 0 Å². The Bertz CT molecular complexity index is 513. The van der Waals surface area contributed by atoms with Gasteiger partial charge in [-0.3, -0.25) is 14.5 Å². The minimum atomic E-state index is -0.825. The molecule has 2 rings (SSSR count). The zero-order valence-electron chi connectivity index (χ0n) is 11.8. The van der Waals surface area contributed by atoms with Crippen LogP contribution in [-0.4, -0.2) is 59.5 Å². The number of rotatable bonds is 5. The van der Waals surface area contributed by atoms with Crippen LogP contribution >= 0.6 is 11.6 Å². The SMILES string of the molecule is O=C(O)CN1CCN(C(=O)CCc2ccccc2Cl)CC1. The lowest BCUT2D eigenvalue weighted by Gasteiger charge is -2.33. The molecule has 1 aromatic carbocycles. The molecule has 1 aliphatic heterocycles. The normalized spacial score (nSPS) is 16.0. The summed E-state index contributed by atoms with van der Waals surface area (Å²) >= 11 is 6.07. The summed E-state index contributed by atoms with van der Waals surface area (Å²) in [5, 5.41) is 9.43. The van der Waals surface area contributed by atoms with E-state index in [1.165, 1.54) is 0 Å². The number of benzene rings is 1. The van der Waals surface area contributed by atoms with Crippen molar-refractivity contribution in [1.82, 2.24) is 9.80 Å². The number of carboxylic acids is 1. The van der Waals surface area contributed by atoms with Gasteiger partial charge in [0.05, 0.1) is 6.54 Å². The van der Waals surface area contributed by atoms with Gasteiger partial charge in [0, 0.05) is 37.6 Å². The summed E-state index contributed by atoms with van der Waals surface area (Å²) in [4.78, 5) is 26.4. The van der Waals surface area contributed by atoms with Crippen molar-refractivity contribution in [3.05, 3.63) is 34.9 Å². The Hall–Kier alpha value is -1.59. The number of aryl methyl sites for hydroxylation is 1. The molecule has 6 heteroatoms. The maximum atomic E-state index is 12.2. The maximum absolute atomic E-state index is 12.2. The first-order valence-electron chi connectivity index (χ1n) is 7.01. The molecule has 1 amide bonds. The minimum absolute atomic E-state index is 0.0433. The summed E-state index contributed by atoms with van der Waals surface area (Å²) in [6.45, 7) is 2.46. The number of piperazine rings is 1. The zero-order valence-corrected chi connectivity index (χ0v) is 12.6. The van der Waals surface area contributed by atoms with Gasteiger partial charge in [0.25, 0.3) is 0 Å². The molecule has 0 unspecified atom stereocenters. The largest absolute Gasteiger partial charge is 0.480 e. The van der Waals surface area contributed by atoms with Crippen LogP contribution in [0.4, 0.5) is 0 Å². The Morgan fingerprint density at radius 1 is 1.14 bits per heavy atom. The smallest absolute Gasteiger partial charge is 0.317 e. The van der Waals surface area contributed by atoms with E-state index in [0.717, 1.165) is 5.56 Å². The molecular formula is C15H19ClN2O3. The van der Waals surface area contributed by atoms with E-state index < -0.39 is 5.97 Å². The number of carbonyl (C=O) groups is 2. The first-order chi connectivity index (χ1) is 10.1. The molecule has 0 aromatic heterocycles. The highest BCUT2D eigenvalue weighted by Gasteiger charge is 2.22. The van der Waals surface area contributed by atoms with Gasteiger partial charge in [-0.15, -0.1) is 0 Å². The molecule has 0 radical (unpaired) electrons. The van der Waals surface area contributed by atoms with Gasteiger partial charge in [-0.25, -0.2) is 0 Å². The van der Waals surface area contributed by atoms with Crippen LogP contribution in [0, 0.1) is 0 Å². The Morgan fingerprint density at radius 3 is 2.43 bits per heavy atom. The van der Waals surface area contributed by atoms with Crippen molar-refractivity contribution in [3.63, 3.8) is 0 Å². The Balaban J connectivity index is 1.77. The van der Waals surface area contributed by atoms with Crippen LogP contribution in [0.1, 0.15) is 12.0 Å². The summed E-state index contributed by atoms with van der Waals surface area (Å²) in [5.74, 6) is -0.724. The summed E-state index contributed by atoms with van der Waals surface area (Å²) in [6, 6.07) is 7.54. The van der Waals surface area contributed by atoms with E-state index in [1.807, 2.05) is 29.2 Å². The first-order valence-corrected chi connectivity index (χ1v) is 7.39. The molecule has 21 heavy (non-hydrogen) atoms. The number of hydrogen-bond acceptors (Lipinski definition) is 3. The third-order valence-corrected chi connectivity index (χ3v) is 4.02. The van der Waals surface area contributed by atoms with Crippen molar-refractivity contribution in [2.45, 2.75) is 12.8 Å². The van der Waals surface area contributed by atoms with Crippen molar-refractivity contribution in [2.75, 3.05) is 32.7 Å². The molecule has 0 saturated carbocycles. The highest BCUT2D eigenvalue weighted by molar-refractivity contribution is 6.31. The average Bonchev–Trinajstić information content (AvgIpc) is 2.46. The molecule has 1 N–H and O–H groups in total. The summed E-state index contributed by atoms with van der Waals surface area (Å²) < 4.78 is 0.